The lowest BCUT2D eigenvalue weighted by Gasteiger charge is -2.32. The highest BCUT2D eigenvalue weighted by Crippen LogP contribution is 2.50. The molecule has 0 aromatic heterocycles. The third-order valence-corrected chi connectivity index (χ3v) is 8.15. The predicted molar refractivity (Wildman–Crippen MR) is 153 cm³/mol. The van der Waals surface area contributed by atoms with Crippen LogP contribution in [0.4, 0.5) is 17.6 Å². The molecule has 41 heavy (non-hydrogen) atoms. The van der Waals surface area contributed by atoms with Crippen molar-refractivity contribution in [1.29, 1.82) is 0 Å². The summed E-state index contributed by atoms with van der Waals surface area (Å²) in [5, 5.41) is 2.83. The summed E-state index contributed by atoms with van der Waals surface area (Å²) in [5.41, 5.74) is 5.64. The van der Waals surface area contributed by atoms with Crippen LogP contribution < -0.4 is 11.1 Å². The van der Waals surface area contributed by atoms with Gasteiger partial charge in [-0.1, -0.05) is 45.1 Å². The van der Waals surface area contributed by atoms with E-state index in [1.54, 1.807) is 12.2 Å². The van der Waals surface area contributed by atoms with Gasteiger partial charge in [-0.05, 0) is 55.0 Å². The van der Waals surface area contributed by atoms with Gasteiger partial charge in [-0.3, -0.25) is 9.59 Å². The van der Waals surface area contributed by atoms with Gasteiger partial charge in [-0.15, -0.1) is 0 Å². The number of methoxy groups -OCH3 is 1. The highest BCUT2D eigenvalue weighted by molar-refractivity contribution is 8.01. The SMILES string of the molecule is COC(=O)CC1=C(SN(C)/C(=C/CN)C(C)(C)C)CC=CC(NC(=O)C2(c3ccc(C(F)(F)CF)cc3F)CC2)=C1. The molecule has 1 aromatic carbocycles. The molecule has 6 nitrogen and oxygen atoms in total. The minimum atomic E-state index is -3.81. The lowest BCUT2D eigenvalue weighted by Crippen LogP contribution is -2.34. The van der Waals surface area contributed by atoms with Crippen molar-refractivity contribution >= 4 is 23.8 Å². The van der Waals surface area contributed by atoms with E-state index in [-0.39, 0.29) is 17.4 Å². The van der Waals surface area contributed by atoms with Gasteiger partial charge in [-0.2, -0.15) is 8.78 Å². The van der Waals surface area contributed by atoms with Crippen molar-refractivity contribution in [2.75, 3.05) is 27.4 Å². The van der Waals surface area contributed by atoms with Crippen molar-refractivity contribution in [3.63, 3.8) is 0 Å². The van der Waals surface area contributed by atoms with Gasteiger partial charge in [0.25, 0.3) is 0 Å². The lowest BCUT2D eigenvalue weighted by molar-refractivity contribution is -0.139. The van der Waals surface area contributed by atoms with Crippen molar-refractivity contribution in [2.24, 2.45) is 11.1 Å². The standard InChI is InChI=1S/C30H37F4N3O3S/c1-28(2,3)25(11-14-35)37(4)41-24-8-6-7-21(15-19(24)16-26(38)40-5)36-27(39)29(12-13-29)22-10-9-20(17-23(22)32)30(33,34)18-31/h6-7,9-11,15,17H,8,12-14,16,18,35H2,1-5H3,(H,36,39)/b25-11+. The van der Waals surface area contributed by atoms with Crippen LogP contribution in [0, 0.1) is 11.2 Å². The van der Waals surface area contributed by atoms with Crippen molar-refractivity contribution in [1.82, 2.24) is 9.62 Å². The number of nitrogens with two attached hydrogens (primary N) is 1. The number of allylic oxidation sites excluding steroid dienone is 5. The number of hydrogen-bond acceptors (Lipinski definition) is 6. The Bertz CT molecular complexity index is 1290. The first kappa shape index (κ1) is 32.5. The summed E-state index contributed by atoms with van der Waals surface area (Å²) in [6.07, 6.45) is 8.28. The van der Waals surface area contributed by atoms with Gasteiger partial charge in [0.1, 0.15) is 5.82 Å². The molecule has 0 heterocycles. The molecule has 0 aliphatic heterocycles. The van der Waals surface area contributed by atoms with Crippen molar-refractivity contribution < 1.29 is 31.9 Å². The Kier molecular flexibility index (Phi) is 10.2. The molecule has 3 N–H and O–H groups in total. The molecule has 1 aromatic rings. The highest BCUT2D eigenvalue weighted by Gasteiger charge is 2.53. The van der Waals surface area contributed by atoms with Crippen molar-refractivity contribution in [3.8, 4) is 0 Å². The van der Waals surface area contributed by atoms with Crippen LogP contribution in [0.2, 0.25) is 0 Å². The summed E-state index contributed by atoms with van der Waals surface area (Å²) in [6, 6.07) is 2.68. The maximum atomic E-state index is 14.9. The number of carbonyl (C=O) groups is 2. The zero-order chi connectivity index (χ0) is 30.6. The molecule has 1 amide bonds. The molecule has 0 unspecified atom stereocenters. The molecule has 224 valence electrons. The average molecular weight is 596 g/mol. The Hall–Kier alpha value is -3.05. The number of rotatable bonds is 11. The number of hydrogen-bond donors (Lipinski definition) is 2. The van der Waals surface area contributed by atoms with Crippen LogP contribution in [0.5, 0.6) is 0 Å². The van der Waals surface area contributed by atoms with E-state index in [9.17, 15) is 27.2 Å². The molecule has 0 radical (unpaired) electrons. The molecule has 2 aliphatic carbocycles. The highest BCUT2D eigenvalue weighted by atomic mass is 32.2. The Balaban J connectivity index is 1.91. The van der Waals surface area contributed by atoms with Gasteiger partial charge >= 0.3 is 11.9 Å². The van der Waals surface area contributed by atoms with Gasteiger partial charge in [0.15, 0.2) is 6.67 Å². The third kappa shape index (κ3) is 7.62. The van der Waals surface area contributed by atoms with Crippen LogP contribution in [0.15, 0.2) is 64.4 Å². The number of alkyl halides is 3. The van der Waals surface area contributed by atoms with Crippen LogP contribution in [0.25, 0.3) is 0 Å². The number of halogens is 4. The molecule has 0 spiro atoms. The van der Waals surface area contributed by atoms with E-state index in [2.05, 4.69) is 26.1 Å². The fourth-order valence-corrected chi connectivity index (χ4v) is 5.92. The number of ether oxygens (including phenoxy) is 1. The average Bonchev–Trinajstić information content (AvgIpc) is 3.73. The Labute approximate surface area is 242 Å². The lowest BCUT2D eigenvalue weighted by atomic mass is 9.91. The number of esters is 1. The van der Waals surface area contributed by atoms with Gasteiger partial charge in [0.2, 0.25) is 5.91 Å². The second-order valence-corrected chi connectivity index (χ2v) is 12.4. The van der Waals surface area contributed by atoms with Crippen LogP contribution >= 0.6 is 11.9 Å². The minimum Gasteiger partial charge on any atom is -0.469 e. The molecule has 3 rings (SSSR count). The summed E-state index contributed by atoms with van der Waals surface area (Å²) in [7, 11) is 3.21. The third-order valence-electron chi connectivity index (χ3n) is 7.03. The van der Waals surface area contributed by atoms with E-state index in [1.807, 2.05) is 23.5 Å². The summed E-state index contributed by atoms with van der Waals surface area (Å²) < 4.78 is 62.0. The number of amides is 1. The van der Waals surface area contributed by atoms with E-state index in [0.717, 1.165) is 22.7 Å². The zero-order valence-electron chi connectivity index (χ0n) is 24.0. The second-order valence-electron chi connectivity index (χ2n) is 11.1. The maximum Gasteiger partial charge on any atom is 0.310 e. The van der Waals surface area contributed by atoms with Gasteiger partial charge in [-0.25, -0.2) is 8.78 Å². The van der Waals surface area contributed by atoms with E-state index in [1.165, 1.54) is 19.1 Å². The molecular formula is C30H37F4N3O3S. The monoisotopic (exact) mass is 595 g/mol. The van der Waals surface area contributed by atoms with Gasteiger partial charge in [0.05, 0.1) is 18.9 Å². The number of benzene rings is 1. The normalized spacial score (nSPS) is 17.1. The quantitative estimate of drug-likeness (QED) is 0.181. The Morgan fingerprint density at radius 3 is 2.46 bits per heavy atom. The van der Waals surface area contributed by atoms with E-state index in [4.69, 9.17) is 10.5 Å². The summed E-state index contributed by atoms with van der Waals surface area (Å²) in [4.78, 5) is 26.6. The summed E-state index contributed by atoms with van der Waals surface area (Å²) in [6.45, 7) is 4.65. The number of nitrogens with zero attached hydrogens (tertiary/aromatic N) is 1. The first-order chi connectivity index (χ1) is 19.2. The van der Waals surface area contributed by atoms with Crippen LogP contribution in [-0.2, 0) is 25.7 Å². The minimum absolute atomic E-state index is 0.0174. The van der Waals surface area contributed by atoms with Crippen LogP contribution in [0.1, 0.15) is 57.6 Å². The fourth-order valence-electron chi connectivity index (χ4n) is 4.73. The van der Waals surface area contributed by atoms with Gasteiger partial charge in [0, 0.05) is 46.4 Å². The molecule has 0 atom stereocenters. The molecule has 0 saturated heterocycles. The summed E-state index contributed by atoms with van der Waals surface area (Å²) in [5.74, 6) is -5.75. The van der Waals surface area contributed by atoms with Crippen LogP contribution in [0.3, 0.4) is 0 Å². The first-order valence-corrected chi connectivity index (χ1v) is 14.0. The summed E-state index contributed by atoms with van der Waals surface area (Å²) >= 11 is 1.45. The molecule has 11 heteroatoms. The largest absolute Gasteiger partial charge is 0.469 e. The molecule has 1 saturated carbocycles. The molecule has 2 aliphatic rings. The molecule has 0 bridgehead atoms. The van der Waals surface area contributed by atoms with Crippen molar-refractivity contribution in [2.45, 2.75) is 57.8 Å². The second kappa shape index (κ2) is 12.9. The van der Waals surface area contributed by atoms with E-state index < -0.39 is 41.3 Å². The van der Waals surface area contributed by atoms with Gasteiger partial charge < -0.3 is 20.1 Å². The smallest absolute Gasteiger partial charge is 0.310 e. The Morgan fingerprint density at radius 1 is 1.24 bits per heavy atom. The predicted octanol–water partition coefficient (Wildman–Crippen LogP) is 6.16. The Morgan fingerprint density at radius 2 is 1.93 bits per heavy atom. The van der Waals surface area contributed by atoms with Crippen LogP contribution in [-0.4, -0.2) is 43.6 Å². The first-order valence-electron chi connectivity index (χ1n) is 13.2. The van der Waals surface area contributed by atoms with E-state index >= 15 is 0 Å². The fraction of sp³-hybridized carbons (Fsp3) is 0.467. The zero-order valence-corrected chi connectivity index (χ0v) is 24.8. The number of carbonyl (C=O) groups excluding carboxylic acids is 2. The van der Waals surface area contributed by atoms with Crippen molar-refractivity contribution in [3.05, 3.63) is 81.3 Å². The topological polar surface area (TPSA) is 84.7 Å². The number of nitrogens with one attached hydrogen (secondary N) is 1. The molecule has 1 fully saturated rings. The molecular weight excluding hydrogens is 558 g/mol. The maximum absolute atomic E-state index is 14.9. The van der Waals surface area contributed by atoms with E-state index in [0.29, 0.717) is 43.1 Å².